The van der Waals surface area contributed by atoms with E-state index in [1.54, 1.807) is 0 Å². The van der Waals surface area contributed by atoms with E-state index in [-0.39, 0.29) is 0 Å². The standard InChI is InChI=1S/C7H10/c1-3-7-5-4-6(7)2/h3H,1,4-5H2,2H3. The average Bonchev–Trinajstić information content (AvgIpc) is 1.65. The van der Waals surface area contributed by atoms with Gasteiger partial charge < -0.3 is 0 Å². The van der Waals surface area contributed by atoms with Gasteiger partial charge in [0.1, 0.15) is 0 Å². The third-order valence-corrected chi connectivity index (χ3v) is 1.56. The summed E-state index contributed by atoms with van der Waals surface area (Å²) in [6.45, 7) is 5.84. The lowest BCUT2D eigenvalue weighted by molar-refractivity contribution is 0.827. The molecule has 0 atom stereocenters. The Morgan fingerprint density at radius 2 is 2.29 bits per heavy atom. The quantitative estimate of drug-likeness (QED) is 0.467. The van der Waals surface area contributed by atoms with Gasteiger partial charge in [-0.25, -0.2) is 0 Å². The van der Waals surface area contributed by atoms with Crippen molar-refractivity contribution < 1.29 is 0 Å². The summed E-state index contributed by atoms with van der Waals surface area (Å²) in [6.07, 6.45) is 4.51. The number of allylic oxidation sites excluding steroid dienone is 3. The lowest BCUT2D eigenvalue weighted by Crippen LogP contribution is -1.96. The second kappa shape index (κ2) is 1.53. The molecule has 0 N–H and O–H groups in total. The highest BCUT2D eigenvalue weighted by Crippen LogP contribution is 2.26. The van der Waals surface area contributed by atoms with Crippen molar-refractivity contribution in [2.24, 2.45) is 0 Å². The van der Waals surface area contributed by atoms with Crippen LogP contribution in [0.1, 0.15) is 19.8 Å². The maximum atomic E-state index is 3.68. The van der Waals surface area contributed by atoms with Gasteiger partial charge >= 0.3 is 0 Å². The summed E-state index contributed by atoms with van der Waals surface area (Å²) in [5.74, 6) is 0. The van der Waals surface area contributed by atoms with Crippen LogP contribution >= 0.6 is 0 Å². The van der Waals surface area contributed by atoms with Gasteiger partial charge in [-0.05, 0) is 25.3 Å². The lowest BCUT2D eigenvalue weighted by atomic mass is 9.90. The molecule has 0 bridgehead atoms. The first-order valence-electron chi connectivity index (χ1n) is 2.65. The van der Waals surface area contributed by atoms with Crippen molar-refractivity contribution in [3.05, 3.63) is 23.8 Å². The molecule has 38 valence electrons. The maximum absolute atomic E-state index is 3.68. The predicted octanol–water partition coefficient (Wildman–Crippen LogP) is 2.28. The third-order valence-electron chi connectivity index (χ3n) is 1.56. The first kappa shape index (κ1) is 4.63. The molecule has 0 unspecified atom stereocenters. The van der Waals surface area contributed by atoms with Crippen molar-refractivity contribution in [2.75, 3.05) is 0 Å². The van der Waals surface area contributed by atoms with Gasteiger partial charge in [-0.3, -0.25) is 0 Å². The van der Waals surface area contributed by atoms with Crippen LogP contribution < -0.4 is 0 Å². The van der Waals surface area contributed by atoms with E-state index in [1.807, 2.05) is 6.08 Å². The van der Waals surface area contributed by atoms with Crippen LogP contribution in [0.3, 0.4) is 0 Å². The number of rotatable bonds is 1. The Morgan fingerprint density at radius 1 is 1.57 bits per heavy atom. The van der Waals surface area contributed by atoms with Gasteiger partial charge in [-0.1, -0.05) is 18.2 Å². The number of hydrogen-bond donors (Lipinski definition) is 0. The van der Waals surface area contributed by atoms with Gasteiger partial charge in [-0.15, -0.1) is 0 Å². The topological polar surface area (TPSA) is 0 Å². The fourth-order valence-electron chi connectivity index (χ4n) is 0.796. The Balaban J connectivity index is 2.70. The molecule has 7 heavy (non-hydrogen) atoms. The lowest BCUT2D eigenvalue weighted by Gasteiger charge is -2.16. The van der Waals surface area contributed by atoms with E-state index in [4.69, 9.17) is 0 Å². The Kier molecular flexibility index (Phi) is 1.01. The van der Waals surface area contributed by atoms with Crippen LogP contribution in [0.15, 0.2) is 23.8 Å². The zero-order chi connectivity index (χ0) is 5.28. The number of hydrogen-bond acceptors (Lipinski definition) is 0. The maximum Gasteiger partial charge on any atom is -0.0242 e. The summed E-state index contributed by atoms with van der Waals surface area (Å²) in [5, 5.41) is 0. The Hall–Kier alpha value is -0.520. The van der Waals surface area contributed by atoms with E-state index in [0.717, 1.165) is 0 Å². The molecule has 0 heteroatoms. The highest BCUT2D eigenvalue weighted by atomic mass is 14.1. The molecule has 1 aliphatic rings. The van der Waals surface area contributed by atoms with Crippen LogP contribution in [0, 0.1) is 0 Å². The van der Waals surface area contributed by atoms with E-state index in [0.29, 0.717) is 0 Å². The third kappa shape index (κ3) is 0.604. The van der Waals surface area contributed by atoms with Gasteiger partial charge in [0.15, 0.2) is 0 Å². The summed E-state index contributed by atoms with van der Waals surface area (Å²) in [7, 11) is 0. The molecule has 0 spiro atoms. The van der Waals surface area contributed by atoms with Gasteiger partial charge in [0.2, 0.25) is 0 Å². The minimum absolute atomic E-state index is 1.26. The molecule has 0 aromatic heterocycles. The molecule has 0 saturated carbocycles. The molecule has 0 heterocycles. The fourth-order valence-corrected chi connectivity index (χ4v) is 0.796. The van der Waals surface area contributed by atoms with Crippen LogP contribution in [0.2, 0.25) is 0 Å². The fraction of sp³-hybridized carbons (Fsp3) is 0.429. The minimum atomic E-state index is 1.26. The smallest absolute Gasteiger partial charge is 0.0242 e. The highest BCUT2D eigenvalue weighted by molar-refractivity contribution is 5.30. The molecule has 1 aliphatic carbocycles. The zero-order valence-electron chi connectivity index (χ0n) is 4.70. The zero-order valence-corrected chi connectivity index (χ0v) is 4.70. The van der Waals surface area contributed by atoms with Gasteiger partial charge in [0, 0.05) is 0 Å². The Bertz CT molecular complexity index is 118. The summed E-state index contributed by atoms with van der Waals surface area (Å²) < 4.78 is 0. The first-order valence-corrected chi connectivity index (χ1v) is 2.65. The molecule has 0 fully saturated rings. The molecule has 1 rings (SSSR count). The SMILES string of the molecule is C=CC1=C(C)CC1. The van der Waals surface area contributed by atoms with Crippen LogP contribution in [0.5, 0.6) is 0 Å². The Morgan fingerprint density at radius 3 is 2.29 bits per heavy atom. The van der Waals surface area contributed by atoms with E-state index in [2.05, 4.69) is 13.5 Å². The van der Waals surface area contributed by atoms with Crippen molar-refractivity contribution in [1.82, 2.24) is 0 Å². The van der Waals surface area contributed by atoms with E-state index >= 15 is 0 Å². The molecule has 0 nitrogen and oxygen atoms in total. The van der Waals surface area contributed by atoms with E-state index in [9.17, 15) is 0 Å². The molecular weight excluding hydrogens is 84.1 g/mol. The molecule has 0 aromatic carbocycles. The summed E-state index contributed by atoms with van der Waals surface area (Å²) in [6, 6.07) is 0. The second-order valence-corrected chi connectivity index (χ2v) is 2.01. The van der Waals surface area contributed by atoms with Crippen molar-refractivity contribution in [3.63, 3.8) is 0 Å². The highest BCUT2D eigenvalue weighted by Gasteiger charge is 2.07. The van der Waals surface area contributed by atoms with Gasteiger partial charge in [0.05, 0.1) is 0 Å². The van der Waals surface area contributed by atoms with Crippen molar-refractivity contribution in [3.8, 4) is 0 Å². The van der Waals surface area contributed by atoms with Crippen molar-refractivity contribution >= 4 is 0 Å². The van der Waals surface area contributed by atoms with Crippen molar-refractivity contribution in [2.45, 2.75) is 19.8 Å². The van der Waals surface area contributed by atoms with E-state index < -0.39 is 0 Å². The van der Waals surface area contributed by atoms with Crippen LogP contribution in [0.4, 0.5) is 0 Å². The average molecular weight is 94.2 g/mol. The molecule has 0 saturated heterocycles. The minimum Gasteiger partial charge on any atom is -0.0988 e. The second-order valence-electron chi connectivity index (χ2n) is 2.01. The summed E-state index contributed by atoms with van der Waals surface area (Å²) in [5.41, 5.74) is 2.98. The van der Waals surface area contributed by atoms with Gasteiger partial charge in [0.25, 0.3) is 0 Å². The predicted molar refractivity (Wildman–Crippen MR) is 32.1 cm³/mol. The van der Waals surface area contributed by atoms with Crippen LogP contribution in [-0.2, 0) is 0 Å². The normalized spacial score (nSPS) is 19.0. The monoisotopic (exact) mass is 94.1 g/mol. The molecule has 0 radical (unpaired) electrons. The summed E-state index contributed by atoms with van der Waals surface area (Å²) in [4.78, 5) is 0. The Labute approximate surface area is 44.5 Å². The van der Waals surface area contributed by atoms with Gasteiger partial charge in [-0.2, -0.15) is 0 Å². The molecule has 0 aliphatic heterocycles. The molecule has 0 amide bonds. The largest absolute Gasteiger partial charge is 0.0988 e. The van der Waals surface area contributed by atoms with Crippen molar-refractivity contribution in [1.29, 1.82) is 0 Å². The first-order chi connectivity index (χ1) is 3.34. The summed E-state index contributed by atoms with van der Waals surface area (Å²) >= 11 is 0. The molecular formula is C7H10. The van der Waals surface area contributed by atoms with E-state index in [1.165, 1.54) is 24.0 Å². The van der Waals surface area contributed by atoms with Crippen LogP contribution in [0.25, 0.3) is 0 Å². The molecule has 0 aromatic rings. The van der Waals surface area contributed by atoms with Crippen LogP contribution in [-0.4, -0.2) is 0 Å².